The molecule has 0 aliphatic carbocycles. The average Bonchev–Trinajstić information content (AvgIpc) is 2.32. The van der Waals surface area contributed by atoms with Gasteiger partial charge in [0.2, 0.25) is 0 Å². The van der Waals surface area contributed by atoms with E-state index in [4.69, 9.17) is 16.7 Å². The van der Waals surface area contributed by atoms with Gasteiger partial charge in [0, 0.05) is 15.6 Å². The predicted molar refractivity (Wildman–Crippen MR) is 74.5 cm³/mol. The van der Waals surface area contributed by atoms with Crippen LogP contribution < -0.4 is 0 Å². The number of aromatic carboxylic acids is 1. The highest BCUT2D eigenvalue weighted by atomic mass is 79.9. The van der Waals surface area contributed by atoms with E-state index in [-0.39, 0.29) is 10.6 Å². The first-order valence-electron chi connectivity index (χ1n) is 4.88. The number of hydrogen-bond acceptors (Lipinski definition) is 3. The van der Waals surface area contributed by atoms with Crippen molar-refractivity contribution in [2.45, 2.75) is 9.92 Å². The molecule has 0 radical (unpaired) electrons. The average molecular weight is 345 g/mol. The summed E-state index contributed by atoms with van der Waals surface area (Å²) in [5.41, 5.74) is 0.102. The predicted octanol–water partition coefficient (Wildman–Crippen LogP) is 4.35. The molecule has 2 aromatic rings. The molecule has 0 amide bonds. The van der Waals surface area contributed by atoms with Gasteiger partial charge in [-0.3, -0.25) is 0 Å². The van der Waals surface area contributed by atoms with Crippen LogP contribution in [0.1, 0.15) is 10.4 Å². The Morgan fingerprint density at radius 3 is 2.67 bits per heavy atom. The third-order valence-electron chi connectivity index (χ3n) is 2.09. The Morgan fingerprint density at radius 1 is 1.33 bits per heavy atom. The van der Waals surface area contributed by atoms with Crippen molar-refractivity contribution in [2.24, 2.45) is 0 Å². The molecule has 0 atom stereocenters. The molecule has 6 heteroatoms. The zero-order chi connectivity index (χ0) is 13.1. The van der Waals surface area contributed by atoms with Gasteiger partial charge < -0.3 is 5.11 Å². The van der Waals surface area contributed by atoms with E-state index in [0.29, 0.717) is 0 Å². The molecule has 0 fully saturated rings. The Balaban J connectivity index is 2.22. The molecule has 2 rings (SSSR count). The van der Waals surface area contributed by atoms with E-state index in [9.17, 15) is 4.79 Å². The fraction of sp³-hybridized carbons (Fsp3) is 0. The number of aromatic nitrogens is 1. The zero-order valence-electron chi connectivity index (χ0n) is 8.93. The number of carboxylic acid groups (broad SMARTS) is 1. The van der Waals surface area contributed by atoms with Crippen molar-refractivity contribution in [1.82, 2.24) is 4.98 Å². The number of carboxylic acids is 1. The second kappa shape index (κ2) is 5.73. The van der Waals surface area contributed by atoms with Crippen molar-refractivity contribution in [3.05, 3.63) is 51.6 Å². The number of benzene rings is 1. The van der Waals surface area contributed by atoms with E-state index < -0.39 is 5.97 Å². The lowest BCUT2D eigenvalue weighted by Crippen LogP contribution is -1.96. The minimum absolute atomic E-state index is 0.102. The van der Waals surface area contributed by atoms with Gasteiger partial charge in [-0.1, -0.05) is 23.4 Å². The van der Waals surface area contributed by atoms with Crippen molar-refractivity contribution in [3.8, 4) is 0 Å². The summed E-state index contributed by atoms with van der Waals surface area (Å²) in [6, 6.07) is 8.59. The van der Waals surface area contributed by atoms with Crippen molar-refractivity contribution in [1.29, 1.82) is 0 Å². The van der Waals surface area contributed by atoms with Crippen LogP contribution in [0, 0.1) is 0 Å². The van der Waals surface area contributed by atoms with Crippen molar-refractivity contribution < 1.29 is 9.90 Å². The van der Waals surface area contributed by atoms with Crippen LogP contribution in [0.15, 0.2) is 50.9 Å². The van der Waals surface area contributed by atoms with E-state index in [1.54, 1.807) is 18.3 Å². The van der Waals surface area contributed by atoms with Crippen molar-refractivity contribution in [2.75, 3.05) is 0 Å². The zero-order valence-corrected chi connectivity index (χ0v) is 12.1. The monoisotopic (exact) mass is 343 g/mol. The molecule has 0 saturated carbocycles. The van der Waals surface area contributed by atoms with Crippen LogP contribution in [0.5, 0.6) is 0 Å². The van der Waals surface area contributed by atoms with E-state index in [0.717, 1.165) is 14.4 Å². The third kappa shape index (κ3) is 3.25. The molecule has 0 aliphatic rings. The Morgan fingerprint density at radius 2 is 2.11 bits per heavy atom. The van der Waals surface area contributed by atoms with E-state index in [2.05, 4.69) is 20.9 Å². The SMILES string of the molecule is O=C(O)c1ccc(Sc2ccc(Br)cn2)cc1Cl. The highest BCUT2D eigenvalue weighted by Crippen LogP contribution is 2.30. The maximum absolute atomic E-state index is 10.8. The van der Waals surface area contributed by atoms with Crippen LogP contribution in [-0.4, -0.2) is 16.1 Å². The highest BCUT2D eigenvalue weighted by molar-refractivity contribution is 9.10. The first-order valence-corrected chi connectivity index (χ1v) is 6.87. The molecule has 0 aliphatic heterocycles. The molecule has 3 nitrogen and oxygen atoms in total. The summed E-state index contributed by atoms with van der Waals surface area (Å²) in [4.78, 5) is 15.9. The van der Waals surface area contributed by atoms with Crippen LogP contribution >= 0.6 is 39.3 Å². The van der Waals surface area contributed by atoms with Gasteiger partial charge in [0.15, 0.2) is 0 Å². The van der Waals surface area contributed by atoms with E-state index in [1.165, 1.54) is 17.8 Å². The Hall–Kier alpha value is -1.04. The maximum atomic E-state index is 10.8. The van der Waals surface area contributed by atoms with Gasteiger partial charge in [0.25, 0.3) is 0 Å². The van der Waals surface area contributed by atoms with Crippen LogP contribution in [-0.2, 0) is 0 Å². The van der Waals surface area contributed by atoms with Crippen LogP contribution in [0.4, 0.5) is 0 Å². The molecule has 0 spiro atoms. The molecule has 0 bridgehead atoms. The maximum Gasteiger partial charge on any atom is 0.337 e. The van der Waals surface area contributed by atoms with Crippen molar-refractivity contribution in [3.63, 3.8) is 0 Å². The van der Waals surface area contributed by atoms with Gasteiger partial charge in [-0.25, -0.2) is 9.78 Å². The lowest BCUT2D eigenvalue weighted by molar-refractivity contribution is 0.0697. The Bertz CT molecular complexity index is 589. The van der Waals surface area contributed by atoms with Gasteiger partial charge in [-0.2, -0.15) is 0 Å². The van der Waals surface area contributed by atoms with Crippen molar-refractivity contribution >= 4 is 45.3 Å². The fourth-order valence-electron chi connectivity index (χ4n) is 1.28. The molecular weight excluding hydrogens is 338 g/mol. The summed E-state index contributed by atoms with van der Waals surface area (Å²) in [6.07, 6.45) is 1.70. The Kier molecular flexibility index (Phi) is 4.27. The second-order valence-electron chi connectivity index (χ2n) is 3.36. The number of nitrogens with zero attached hydrogens (tertiary/aromatic N) is 1. The lowest BCUT2D eigenvalue weighted by atomic mass is 10.2. The van der Waals surface area contributed by atoms with E-state index in [1.807, 2.05) is 12.1 Å². The summed E-state index contributed by atoms with van der Waals surface area (Å²) < 4.78 is 0.908. The smallest absolute Gasteiger partial charge is 0.337 e. The molecule has 0 saturated heterocycles. The highest BCUT2D eigenvalue weighted by Gasteiger charge is 2.09. The largest absolute Gasteiger partial charge is 0.478 e. The topological polar surface area (TPSA) is 50.2 Å². The van der Waals surface area contributed by atoms with Crippen LogP contribution in [0.2, 0.25) is 5.02 Å². The van der Waals surface area contributed by atoms with Gasteiger partial charge in [0.1, 0.15) is 5.03 Å². The van der Waals surface area contributed by atoms with Gasteiger partial charge >= 0.3 is 5.97 Å². The minimum Gasteiger partial charge on any atom is -0.478 e. The number of hydrogen-bond donors (Lipinski definition) is 1. The summed E-state index contributed by atoms with van der Waals surface area (Å²) >= 11 is 10.6. The second-order valence-corrected chi connectivity index (χ2v) is 5.78. The van der Waals surface area contributed by atoms with Gasteiger partial charge in [-0.05, 0) is 46.3 Å². The number of carbonyl (C=O) groups is 1. The normalized spacial score (nSPS) is 10.3. The molecule has 18 heavy (non-hydrogen) atoms. The molecule has 1 N–H and O–H groups in total. The summed E-state index contributed by atoms with van der Waals surface area (Å²) in [5, 5.41) is 9.91. The molecule has 1 heterocycles. The first kappa shape index (κ1) is 13.4. The summed E-state index contributed by atoms with van der Waals surface area (Å²) in [6.45, 7) is 0. The first-order chi connectivity index (χ1) is 8.56. The van der Waals surface area contributed by atoms with Gasteiger partial charge in [0.05, 0.1) is 10.6 Å². The Labute approximate surface area is 121 Å². The molecule has 1 aromatic heterocycles. The standard InChI is InChI=1S/C12H7BrClNO2S/c13-7-1-4-11(15-6-7)18-8-2-3-9(12(16)17)10(14)5-8/h1-6H,(H,16,17). The van der Waals surface area contributed by atoms with Crippen LogP contribution in [0.25, 0.3) is 0 Å². The lowest BCUT2D eigenvalue weighted by Gasteiger charge is -2.03. The fourth-order valence-corrected chi connectivity index (χ4v) is 2.63. The molecular formula is C12H7BrClNO2S. The number of rotatable bonds is 3. The number of pyridine rings is 1. The summed E-state index contributed by atoms with van der Waals surface area (Å²) in [7, 11) is 0. The van der Waals surface area contributed by atoms with Gasteiger partial charge in [-0.15, -0.1) is 0 Å². The number of halogens is 2. The molecule has 0 unspecified atom stereocenters. The molecule has 92 valence electrons. The quantitative estimate of drug-likeness (QED) is 0.899. The van der Waals surface area contributed by atoms with Crippen LogP contribution in [0.3, 0.4) is 0 Å². The third-order valence-corrected chi connectivity index (χ3v) is 3.82. The minimum atomic E-state index is -1.03. The van der Waals surface area contributed by atoms with E-state index >= 15 is 0 Å². The summed E-state index contributed by atoms with van der Waals surface area (Å²) in [5.74, 6) is -1.03. The molecule has 1 aromatic carbocycles.